The summed E-state index contributed by atoms with van der Waals surface area (Å²) in [4.78, 5) is 18.9. The van der Waals surface area contributed by atoms with Gasteiger partial charge < -0.3 is 9.32 Å². The number of rotatable bonds is 5. The second-order valence-corrected chi connectivity index (χ2v) is 6.24. The maximum atomic E-state index is 12.3. The molecule has 0 aliphatic carbocycles. The summed E-state index contributed by atoms with van der Waals surface area (Å²) < 4.78 is 5.52. The average Bonchev–Trinajstić information content (AvgIpc) is 3.04. The Kier molecular flexibility index (Phi) is 4.68. The third kappa shape index (κ3) is 3.12. The molecule has 0 aliphatic heterocycles. The number of hydrogen-bond acceptors (Lipinski definition) is 5. The van der Waals surface area contributed by atoms with Gasteiger partial charge in [0.25, 0.3) is 0 Å². The smallest absolute Gasteiger partial charge is 0.346 e. The number of anilines is 1. The van der Waals surface area contributed by atoms with Crippen LogP contribution in [-0.4, -0.2) is 18.1 Å². The molecule has 3 rings (SSSR count). The van der Waals surface area contributed by atoms with Crippen LogP contribution >= 0.6 is 22.9 Å². The van der Waals surface area contributed by atoms with Crippen molar-refractivity contribution in [2.45, 2.75) is 19.7 Å². The Morgan fingerprint density at radius 3 is 2.70 bits per heavy atom. The van der Waals surface area contributed by atoms with E-state index in [1.807, 2.05) is 29.6 Å². The Morgan fingerprint density at radius 1 is 1.26 bits per heavy atom. The Hall–Kier alpha value is -1.85. The van der Waals surface area contributed by atoms with Crippen LogP contribution in [0.2, 0.25) is 0 Å². The highest BCUT2D eigenvalue weighted by Crippen LogP contribution is 2.27. The van der Waals surface area contributed by atoms with Crippen molar-refractivity contribution in [3.05, 3.63) is 45.8 Å². The lowest BCUT2D eigenvalue weighted by Crippen LogP contribution is -2.21. The molecule has 0 aliphatic rings. The fourth-order valence-corrected chi connectivity index (χ4v) is 3.58. The molecule has 0 fully saturated rings. The fraction of sp³-hybridized carbons (Fsp3) is 0.294. The van der Waals surface area contributed by atoms with E-state index in [1.54, 1.807) is 0 Å². The molecule has 0 spiro atoms. The number of thiazole rings is 1. The fourth-order valence-electron chi connectivity index (χ4n) is 2.53. The molecule has 0 N–H and O–H groups in total. The van der Waals surface area contributed by atoms with E-state index in [0.29, 0.717) is 22.0 Å². The Labute approximate surface area is 143 Å². The summed E-state index contributed by atoms with van der Waals surface area (Å²) >= 11 is 7.18. The minimum atomic E-state index is -0.371. The van der Waals surface area contributed by atoms with Gasteiger partial charge in [-0.3, -0.25) is 0 Å². The molecule has 4 nitrogen and oxygen atoms in total. The van der Waals surface area contributed by atoms with Crippen molar-refractivity contribution in [2.24, 2.45) is 0 Å². The highest BCUT2D eigenvalue weighted by Gasteiger charge is 2.13. The van der Waals surface area contributed by atoms with E-state index in [4.69, 9.17) is 16.0 Å². The number of aromatic nitrogens is 1. The van der Waals surface area contributed by atoms with E-state index in [-0.39, 0.29) is 5.63 Å². The Bertz CT molecular complexity index is 884. The predicted molar refractivity (Wildman–Crippen MR) is 96.7 cm³/mol. The molecule has 0 saturated heterocycles. The third-order valence-corrected chi connectivity index (χ3v) is 4.97. The molecule has 2 heterocycles. The largest absolute Gasteiger partial charge is 0.422 e. The summed E-state index contributed by atoms with van der Waals surface area (Å²) in [6.45, 7) is 6.02. The molecule has 0 atom stereocenters. The van der Waals surface area contributed by atoms with E-state index < -0.39 is 0 Å². The van der Waals surface area contributed by atoms with Gasteiger partial charge in [-0.15, -0.1) is 22.9 Å². The second kappa shape index (κ2) is 6.72. The summed E-state index contributed by atoms with van der Waals surface area (Å²) in [5.41, 5.74) is 2.52. The lowest BCUT2D eigenvalue weighted by atomic mass is 10.1. The van der Waals surface area contributed by atoms with Gasteiger partial charge in [0, 0.05) is 35.6 Å². The van der Waals surface area contributed by atoms with Gasteiger partial charge in [-0.1, -0.05) is 0 Å². The number of benzene rings is 1. The number of nitrogens with zero attached hydrogens (tertiary/aromatic N) is 2. The molecule has 120 valence electrons. The van der Waals surface area contributed by atoms with Crippen molar-refractivity contribution >= 4 is 39.6 Å². The van der Waals surface area contributed by atoms with E-state index >= 15 is 0 Å². The molecule has 3 aromatic rings. The highest BCUT2D eigenvalue weighted by atomic mass is 35.5. The van der Waals surface area contributed by atoms with E-state index in [1.165, 1.54) is 11.3 Å². The predicted octanol–water partition coefficient (Wildman–Crippen LogP) is 4.50. The van der Waals surface area contributed by atoms with Crippen LogP contribution in [0.3, 0.4) is 0 Å². The number of fused-ring (bicyclic) bond motifs is 1. The summed E-state index contributed by atoms with van der Waals surface area (Å²) in [6, 6.07) is 7.78. The normalized spacial score (nSPS) is 11.1. The molecule has 0 saturated carbocycles. The first-order valence-corrected chi connectivity index (χ1v) is 8.91. The van der Waals surface area contributed by atoms with Gasteiger partial charge in [0.2, 0.25) is 0 Å². The van der Waals surface area contributed by atoms with E-state index in [2.05, 4.69) is 23.7 Å². The van der Waals surface area contributed by atoms with Crippen LogP contribution in [0.1, 0.15) is 19.5 Å². The quantitative estimate of drug-likeness (QED) is 0.503. The van der Waals surface area contributed by atoms with Gasteiger partial charge in [-0.2, -0.15) is 0 Å². The van der Waals surface area contributed by atoms with Crippen LogP contribution < -0.4 is 10.5 Å². The van der Waals surface area contributed by atoms with Gasteiger partial charge >= 0.3 is 5.63 Å². The van der Waals surface area contributed by atoms with Gasteiger partial charge in [0.05, 0.1) is 17.1 Å². The maximum absolute atomic E-state index is 12.3. The van der Waals surface area contributed by atoms with Crippen molar-refractivity contribution in [2.75, 3.05) is 18.0 Å². The van der Waals surface area contributed by atoms with Crippen LogP contribution in [0.4, 0.5) is 5.69 Å². The van der Waals surface area contributed by atoms with Crippen LogP contribution in [0.15, 0.2) is 38.9 Å². The number of halogens is 1. The van der Waals surface area contributed by atoms with Crippen molar-refractivity contribution in [3.8, 4) is 10.6 Å². The van der Waals surface area contributed by atoms with Crippen LogP contribution in [0.25, 0.3) is 21.5 Å². The summed E-state index contributed by atoms with van der Waals surface area (Å²) in [5.74, 6) is 0.336. The van der Waals surface area contributed by atoms with Crippen molar-refractivity contribution in [3.63, 3.8) is 0 Å². The molecule has 0 amide bonds. The minimum absolute atomic E-state index is 0.336. The lowest BCUT2D eigenvalue weighted by Gasteiger charge is -2.20. The van der Waals surface area contributed by atoms with Crippen molar-refractivity contribution in [1.29, 1.82) is 0 Å². The van der Waals surface area contributed by atoms with Crippen LogP contribution in [0.5, 0.6) is 0 Å². The monoisotopic (exact) mass is 348 g/mol. The van der Waals surface area contributed by atoms with Crippen molar-refractivity contribution in [1.82, 2.24) is 4.98 Å². The van der Waals surface area contributed by atoms with Gasteiger partial charge in [-0.05, 0) is 32.0 Å². The Balaban J connectivity index is 2.08. The molecule has 0 unspecified atom stereocenters. The zero-order valence-corrected chi connectivity index (χ0v) is 14.6. The zero-order valence-electron chi connectivity index (χ0n) is 13.0. The van der Waals surface area contributed by atoms with Crippen LogP contribution in [-0.2, 0) is 5.88 Å². The maximum Gasteiger partial charge on any atom is 0.346 e. The van der Waals surface area contributed by atoms with Crippen LogP contribution in [0, 0.1) is 0 Å². The molecule has 1 aromatic carbocycles. The van der Waals surface area contributed by atoms with Gasteiger partial charge in [0.15, 0.2) is 0 Å². The first-order valence-electron chi connectivity index (χ1n) is 7.49. The summed E-state index contributed by atoms with van der Waals surface area (Å²) in [5, 5.41) is 3.39. The van der Waals surface area contributed by atoms with E-state index in [0.717, 1.165) is 29.9 Å². The molecular weight excluding hydrogens is 332 g/mol. The second-order valence-electron chi connectivity index (χ2n) is 5.12. The molecule has 0 radical (unpaired) electrons. The molecule has 0 bridgehead atoms. The molecular formula is C17H17ClN2O2S. The SMILES string of the molecule is CCN(CC)c1ccc2cc(-c3nc(CCl)cs3)c(=O)oc2c1. The highest BCUT2D eigenvalue weighted by molar-refractivity contribution is 7.13. The number of alkyl halides is 1. The average molecular weight is 349 g/mol. The third-order valence-electron chi connectivity index (χ3n) is 3.77. The van der Waals surface area contributed by atoms with E-state index in [9.17, 15) is 4.79 Å². The van der Waals surface area contributed by atoms with Gasteiger partial charge in [0.1, 0.15) is 10.6 Å². The Morgan fingerprint density at radius 2 is 2.04 bits per heavy atom. The minimum Gasteiger partial charge on any atom is -0.422 e. The zero-order chi connectivity index (χ0) is 16.4. The lowest BCUT2D eigenvalue weighted by molar-refractivity contribution is 0.563. The van der Waals surface area contributed by atoms with Crippen molar-refractivity contribution < 1.29 is 4.42 Å². The number of hydrogen-bond donors (Lipinski definition) is 0. The van der Waals surface area contributed by atoms with Gasteiger partial charge in [-0.25, -0.2) is 9.78 Å². The molecule has 2 aromatic heterocycles. The first-order chi connectivity index (χ1) is 11.2. The first kappa shape index (κ1) is 16.0. The molecule has 23 heavy (non-hydrogen) atoms. The topological polar surface area (TPSA) is 46.3 Å². The molecule has 6 heteroatoms. The summed E-state index contributed by atoms with van der Waals surface area (Å²) in [6.07, 6.45) is 0. The summed E-state index contributed by atoms with van der Waals surface area (Å²) in [7, 11) is 0. The standard InChI is InChI=1S/C17H17ClN2O2S/c1-3-20(4-2)13-6-5-11-7-14(17(21)22-15(11)8-13)16-19-12(9-18)10-23-16/h5-8,10H,3-4,9H2,1-2H3.